The van der Waals surface area contributed by atoms with Crippen molar-refractivity contribution in [3.63, 3.8) is 0 Å². The number of rotatable bonds is 8. The van der Waals surface area contributed by atoms with Crippen LogP contribution in [0.4, 0.5) is 0 Å². The van der Waals surface area contributed by atoms with E-state index in [0.717, 1.165) is 27.7 Å². The van der Waals surface area contributed by atoms with Crippen molar-refractivity contribution in [3.8, 4) is 5.75 Å². The van der Waals surface area contributed by atoms with Gasteiger partial charge >= 0.3 is 0 Å². The Bertz CT molecular complexity index is 1460. The number of ether oxygens (including phenoxy) is 1. The number of nitrogens with zero attached hydrogens (tertiary/aromatic N) is 2. The van der Waals surface area contributed by atoms with E-state index in [9.17, 15) is 14.8 Å². The van der Waals surface area contributed by atoms with Gasteiger partial charge in [0.1, 0.15) is 12.4 Å². The normalized spacial score (nSPS) is 18.3. The van der Waals surface area contributed by atoms with Gasteiger partial charge < -0.3 is 9.64 Å². The number of para-hydroxylation sites is 1. The van der Waals surface area contributed by atoms with Crippen molar-refractivity contribution in [3.05, 3.63) is 107 Å². The highest BCUT2D eigenvalue weighted by Crippen LogP contribution is 2.56. The number of benzene rings is 3. The summed E-state index contributed by atoms with van der Waals surface area (Å²) < 4.78 is 6.17. The van der Waals surface area contributed by atoms with E-state index in [-0.39, 0.29) is 5.91 Å². The highest BCUT2D eigenvalue weighted by molar-refractivity contribution is 6.00. The molecule has 0 spiro atoms. The van der Waals surface area contributed by atoms with Crippen molar-refractivity contribution in [2.24, 2.45) is 5.92 Å². The van der Waals surface area contributed by atoms with E-state index in [1.54, 1.807) is 17.4 Å². The maximum absolute atomic E-state index is 13.8. The molecule has 1 fully saturated rings. The Morgan fingerprint density at radius 2 is 1.81 bits per heavy atom. The molecule has 0 aliphatic heterocycles. The molecule has 188 valence electrons. The van der Waals surface area contributed by atoms with Gasteiger partial charge in [0.15, 0.2) is 0 Å². The van der Waals surface area contributed by atoms with Gasteiger partial charge in [-0.15, -0.1) is 0 Å². The summed E-state index contributed by atoms with van der Waals surface area (Å²) in [7, 11) is 1.74. The Hall–Kier alpha value is -4.23. The molecule has 1 heterocycles. The van der Waals surface area contributed by atoms with Crippen molar-refractivity contribution in [2.75, 3.05) is 7.05 Å². The molecule has 0 radical (unpaired) electrons. The van der Waals surface area contributed by atoms with E-state index in [1.807, 2.05) is 91.9 Å². The lowest BCUT2D eigenvalue weighted by Gasteiger charge is -2.25. The molecule has 0 bridgehead atoms. The molecule has 1 saturated carbocycles. The molecule has 2 amide bonds. The standard InChI is InChI=1S/C30H29N3O4/c1-20-15-22(25-13-6-7-14-27(25)31-20)19-37-24-12-8-11-23(16-24)30(17-26(30)28(34)32-36)29(35)33(2)18-21-9-4-3-5-10-21/h3-16,26,36H,17-19H2,1-2H3,(H,32,34)/t26-,30-/m0/s1. The number of pyridine rings is 1. The molecule has 4 aromatic rings. The fourth-order valence-electron chi connectivity index (χ4n) is 5.14. The van der Waals surface area contributed by atoms with Gasteiger partial charge in [0.05, 0.1) is 16.8 Å². The van der Waals surface area contributed by atoms with Crippen LogP contribution in [0.25, 0.3) is 10.9 Å². The minimum absolute atomic E-state index is 0.169. The number of hydrogen-bond acceptors (Lipinski definition) is 5. The minimum atomic E-state index is -1.06. The molecule has 3 aromatic carbocycles. The van der Waals surface area contributed by atoms with Crippen LogP contribution in [0, 0.1) is 12.8 Å². The number of likely N-dealkylation sites (N-methyl/N-ethyl adjacent to an activating group) is 1. The van der Waals surface area contributed by atoms with Crippen LogP contribution < -0.4 is 10.2 Å². The van der Waals surface area contributed by atoms with Gasteiger partial charge in [-0.3, -0.25) is 19.8 Å². The van der Waals surface area contributed by atoms with Crippen molar-refractivity contribution >= 4 is 22.7 Å². The molecule has 7 nitrogen and oxygen atoms in total. The smallest absolute Gasteiger partial charge is 0.247 e. The van der Waals surface area contributed by atoms with Gasteiger partial charge in [0, 0.05) is 30.2 Å². The van der Waals surface area contributed by atoms with Gasteiger partial charge in [-0.1, -0.05) is 60.7 Å². The quantitative estimate of drug-likeness (QED) is 0.277. The van der Waals surface area contributed by atoms with Crippen molar-refractivity contribution in [1.29, 1.82) is 0 Å². The van der Waals surface area contributed by atoms with E-state index in [1.165, 1.54) is 0 Å². The lowest BCUT2D eigenvalue weighted by Crippen LogP contribution is -2.39. The van der Waals surface area contributed by atoms with Gasteiger partial charge in [0.25, 0.3) is 0 Å². The number of carbonyl (C=O) groups excluding carboxylic acids is 2. The second kappa shape index (κ2) is 10.0. The molecular weight excluding hydrogens is 466 g/mol. The molecule has 37 heavy (non-hydrogen) atoms. The summed E-state index contributed by atoms with van der Waals surface area (Å²) in [5, 5.41) is 10.3. The van der Waals surface area contributed by atoms with Crippen molar-refractivity contribution in [1.82, 2.24) is 15.4 Å². The predicted molar refractivity (Wildman–Crippen MR) is 140 cm³/mol. The zero-order valence-corrected chi connectivity index (χ0v) is 20.8. The van der Waals surface area contributed by atoms with Crippen LogP contribution >= 0.6 is 0 Å². The van der Waals surface area contributed by atoms with E-state index in [4.69, 9.17) is 4.74 Å². The van der Waals surface area contributed by atoms with Gasteiger partial charge in [0.2, 0.25) is 11.8 Å². The number of hydrogen-bond donors (Lipinski definition) is 2. The van der Waals surface area contributed by atoms with Crippen LogP contribution in [-0.2, 0) is 28.2 Å². The van der Waals surface area contributed by atoms with Crippen molar-refractivity contribution in [2.45, 2.75) is 31.9 Å². The minimum Gasteiger partial charge on any atom is -0.489 e. The molecule has 1 aliphatic rings. The largest absolute Gasteiger partial charge is 0.489 e. The van der Waals surface area contributed by atoms with Gasteiger partial charge in [-0.2, -0.15) is 0 Å². The summed E-state index contributed by atoms with van der Waals surface area (Å²) in [6.45, 7) is 2.71. The first-order valence-electron chi connectivity index (χ1n) is 12.2. The van der Waals surface area contributed by atoms with Crippen molar-refractivity contribution < 1.29 is 19.5 Å². The zero-order valence-electron chi connectivity index (χ0n) is 20.8. The Morgan fingerprint density at radius 3 is 2.59 bits per heavy atom. The van der Waals surface area contributed by atoms with Crippen LogP contribution in [0.15, 0.2) is 84.9 Å². The average Bonchev–Trinajstić information content (AvgIpc) is 3.68. The highest BCUT2D eigenvalue weighted by Gasteiger charge is 2.65. The van der Waals surface area contributed by atoms with E-state index < -0.39 is 17.2 Å². The summed E-state index contributed by atoms with van der Waals surface area (Å²) in [5.74, 6) is -0.793. The average molecular weight is 496 g/mol. The zero-order chi connectivity index (χ0) is 26.0. The highest BCUT2D eigenvalue weighted by atomic mass is 16.5. The number of fused-ring (bicyclic) bond motifs is 1. The van der Waals surface area contributed by atoms with E-state index in [0.29, 0.717) is 30.9 Å². The van der Waals surface area contributed by atoms with E-state index in [2.05, 4.69) is 4.98 Å². The number of hydroxylamine groups is 1. The molecule has 1 aliphatic carbocycles. The van der Waals surface area contributed by atoms with Crippen LogP contribution in [-0.4, -0.2) is 34.0 Å². The summed E-state index contributed by atoms with van der Waals surface area (Å²) in [6.07, 6.45) is 0.314. The van der Waals surface area contributed by atoms with Crippen LogP contribution in [0.5, 0.6) is 5.75 Å². The Balaban J connectivity index is 1.41. The third-order valence-corrected chi connectivity index (χ3v) is 7.05. The fourth-order valence-corrected chi connectivity index (χ4v) is 5.14. The molecule has 2 N–H and O–H groups in total. The Morgan fingerprint density at radius 1 is 1.05 bits per heavy atom. The molecular formula is C30H29N3O4. The van der Waals surface area contributed by atoms with Crippen LogP contribution in [0.1, 0.15) is 28.8 Å². The van der Waals surface area contributed by atoms with Gasteiger partial charge in [-0.05, 0) is 48.7 Å². The topological polar surface area (TPSA) is 91.8 Å². The number of nitrogens with one attached hydrogen (secondary N) is 1. The van der Waals surface area contributed by atoms with Crippen LogP contribution in [0.3, 0.4) is 0 Å². The van der Waals surface area contributed by atoms with Gasteiger partial charge in [-0.25, -0.2) is 5.48 Å². The molecule has 0 unspecified atom stereocenters. The first-order valence-corrected chi connectivity index (χ1v) is 12.2. The fraction of sp³-hybridized carbons (Fsp3) is 0.233. The molecule has 0 saturated heterocycles. The summed E-state index contributed by atoms with van der Waals surface area (Å²) in [4.78, 5) is 32.4. The number of amides is 2. The SMILES string of the molecule is Cc1cc(COc2cccc([C@@]3(C(=O)N(C)Cc4ccccc4)C[C@H]3C(=O)NO)c2)c2ccccc2n1. The first-order chi connectivity index (χ1) is 17.9. The first kappa shape index (κ1) is 24.5. The lowest BCUT2D eigenvalue weighted by molar-refractivity contribution is -0.137. The Labute approximate surface area is 215 Å². The summed E-state index contributed by atoms with van der Waals surface area (Å²) in [6, 6.07) is 27.0. The maximum atomic E-state index is 13.8. The second-order valence-corrected chi connectivity index (χ2v) is 9.61. The number of carbonyl (C=O) groups is 2. The molecule has 5 rings (SSSR count). The third-order valence-electron chi connectivity index (χ3n) is 7.05. The molecule has 2 atom stereocenters. The number of aryl methyl sites for hydroxylation is 1. The monoisotopic (exact) mass is 495 g/mol. The van der Waals surface area contributed by atoms with Crippen LogP contribution in [0.2, 0.25) is 0 Å². The summed E-state index contributed by atoms with van der Waals surface area (Å²) >= 11 is 0. The summed E-state index contributed by atoms with van der Waals surface area (Å²) in [5.41, 5.74) is 5.20. The van der Waals surface area contributed by atoms with E-state index >= 15 is 0 Å². The Kier molecular flexibility index (Phi) is 6.63. The maximum Gasteiger partial charge on any atom is 0.247 e. The second-order valence-electron chi connectivity index (χ2n) is 9.61. The number of aromatic nitrogens is 1. The molecule has 1 aromatic heterocycles. The molecule has 7 heteroatoms. The lowest BCUT2D eigenvalue weighted by atomic mass is 9.91. The third kappa shape index (κ3) is 4.78. The predicted octanol–water partition coefficient (Wildman–Crippen LogP) is 4.54.